The van der Waals surface area contributed by atoms with Crippen LogP contribution in [0.1, 0.15) is 50.6 Å². The Kier molecular flexibility index (Phi) is 5.14. The number of likely N-dealkylation sites (tertiary alicyclic amines) is 1. The number of carbonyl (C=O) groups excluding carboxylic acids is 1. The van der Waals surface area contributed by atoms with Gasteiger partial charge < -0.3 is 9.64 Å². The van der Waals surface area contributed by atoms with Crippen molar-refractivity contribution in [3.05, 3.63) is 51.3 Å². The van der Waals surface area contributed by atoms with Crippen LogP contribution in [0.3, 0.4) is 0 Å². The van der Waals surface area contributed by atoms with E-state index in [1.54, 1.807) is 0 Å². The number of aryl methyl sites for hydroxylation is 2. The molecular weight excluding hydrogens is 421 g/mol. The van der Waals surface area contributed by atoms with Crippen LogP contribution in [0.5, 0.6) is 0 Å². The van der Waals surface area contributed by atoms with Crippen LogP contribution in [0.4, 0.5) is 4.79 Å². The standard InChI is InChI=1S/C23H29Cl2N3O2/c1-15-10-16(2)28(26-15)14-22-12-23(22,17-6-7-18(24)19(25)11-17)8-9-27(13-22)20(29)30-21(3,4)5/h6-7,10-11H,8-9,12-14H2,1-5H3. The monoisotopic (exact) mass is 449 g/mol. The molecule has 0 radical (unpaired) electrons. The molecule has 1 aliphatic heterocycles. The van der Waals surface area contributed by atoms with E-state index in [2.05, 4.69) is 23.7 Å². The van der Waals surface area contributed by atoms with Gasteiger partial charge in [0.15, 0.2) is 0 Å². The molecule has 2 atom stereocenters. The van der Waals surface area contributed by atoms with Crippen LogP contribution in [-0.2, 0) is 16.7 Å². The molecule has 1 saturated heterocycles. The van der Waals surface area contributed by atoms with Crippen molar-refractivity contribution < 1.29 is 9.53 Å². The van der Waals surface area contributed by atoms with Gasteiger partial charge in [-0.2, -0.15) is 5.10 Å². The molecule has 2 heterocycles. The van der Waals surface area contributed by atoms with Crippen LogP contribution in [0.15, 0.2) is 24.3 Å². The first-order valence-electron chi connectivity index (χ1n) is 10.4. The lowest BCUT2D eigenvalue weighted by Gasteiger charge is -2.39. The minimum absolute atomic E-state index is 0.0357. The molecule has 2 unspecified atom stereocenters. The highest BCUT2D eigenvalue weighted by molar-refractivity contribution is 6.42. The summed E-state index contributed by atoms with van der Waals surface area (Å²) in [5.74, 6) is 0. The van der Waals surface area contributed by atoms with E-state index >= 15 is 0 Å². The molecular formula is C23H29Cl2N3O2. The van der Waals surface area contributed by atoms with Crippen molar-refractivity contribution in [3.8, 4) is 0 Å². The summed E-state index contributed by atoms with van der Waals surface area (Å²) in [5, 5.41) is 5.83. The Balaban J connectivity index is 1.67. The smallest absolute Gasteiger partial charge is 0.410 e. The van der Waals surface area contributed by atoms with Crippen LogP contribution >= 0.6 is 23.2 Å². The van der Waals surface area contributed by atoms with Crippen LogP contribution in [0.25, 0.3) is 0 Å². The zero-order valence-electron chi connectivity index (χ0n) is 18.3. The second-order valence-electron chi connectivity index (χ2n) is 9.90. The maximum absolute atomic E-state index is 12.8. The first-order chi connectivity index (χ1) is 13.9. The van der Waals surface area contributed by atoms with Gasteiger partial charge in [0.25, 0.3) is 0 Å². The Hall–Kier alpha value is -1.72. The number of ether oxygens (including phenoxy) is 1. The van der Waals surface area contributed by atoms with E-state index in [1.807, 2.05) is 44.7 Å². The van der Waals surface area contributed by atoms with E-state index in [-0.39, 0.29) is 16.9 Å². The normalized spacial score (nSPS) is 25.8. The number of carbonyl (C=O) groups is 1. The van der Waals surface area contributed by atoms with Crippen LogP contribution in [0, 0.1) is 19.3 Å². The third-order valence-electron chi connectivity index (χ3n) is 6.51. The fourth-order valence-electron chi connectivity index (χ4n) is 5.07. The van der Waals surface area contributed by atoms with Gasteiger partial charge in [-0.3, -0.25) is 4.68 Å². The minimum atomic E-state index is -0.512. The Morgan fingerprint density at radius 3 is 2.53 bits per heavy atom. The third kappa shape index (κ3) is 3.71. The summed E-state index contributed by atoms with van der Waals surface area (Å²) in [7, 11) is 0. The molecule has 4 rings (SSSR count). The fraction of sp³-hybridized carbons (Fsp3) is 0.565. The number of amides is 1. The van der Waals surface area contributed by atoms with Gasteiger partial charge in [-0.15, -0.1) is 0 Å². The summed E-state index contributed by atoms with van der Waals surface area (Å²) in [6, 6.07) is 8.05. The van der Waals surface area contributed by atoms with Gasteiger partial charge in [-0.05, 0) is 71.2 Å². The first-order valence-corrected chi connectivity index (χ1v) is 11.1. The van der Waals surface area contributed by atoms with Gasteiger partial charge in [-0.1, -0.05) is 29.3 Å². The number of rotatable bonds is 3. The molecule has 1 aromatic carbocycles. The average Bonchev–Trinajstić information content (AvgIpc) is 3.20. The molecule has 0 spiro atoms. The van der Waals surface area contributed by atoms with Crippen molar-refractivity contribution in [1.29, 1.82) is 0 Å². The van der Waals surface area contributed by atoms with E-state index < -0.39 is 5.60 Å². The van der Waals surface area contributed by atoms with Gasteiger partial charge in [0.05, 0.1) is 15.7 Å². The molecule has 2 aromatic rings. The minimum Gasteiger partial charge on any atom is -0.444 e. The summed E-state index contributed by atoms with van der Waals surface area (Å²) in [6.07, 6.45) is 1.60. The number of nitrogens with zero attached hydrogens (tertiary/aromatic N) is 3. The highest BCUT2D eigenvalue weighted by Gasteiger charge is 2.70. The van der Waals surface area contributed by atoms with Crippen molar-refractivity contribution in [2.24, 2.45) is 5.41 Å². The molecule has 0 bridgehead atoms. The zero-order valence-corrected chi connectivity index (χ0v) is 19.8. The summed E-state index contributed by atoms with van der Waals surface area (Å²) < 4.78 is 7.74. The van der Waals surface area contributed by atoms with Crippen molar-refractivity contribution in [1.82, 2.24) is 14.7 Å². The van der Waals surface area contributed by atoms with Crippen LogP contribution in [-0.4, -0.2) is 39.5 Å². The van der Waals surface area contributed by atoms with Gasteiger partial charge >= 0.3 is 6.09 Å². The number of hydrogen-bond acceptors (Lipinski definition) is 3. The third-order valence-corrected chi connectivity index (χ3v) is 7.25. The number of halogens is 2. The number of hydrogen-bond donors (Lipinski definition) is 0. The van der Waals surface area contributed by atoms with E-state index in [0.29, 0.717) is 23.1 Å². The second kappa shape index (κ2) is 7.16. The summed E-state index contributed by atoms with van der Waals surface area (Å²) in [4.78, 5) is 14.7. The zero-order chi connectivity index (χ0) is 21.9. The molecule has 5 nitrogen and oxygen atoms in total. The quantitative estimate of drug-likeness (QED) is 0.596. The lowest BCUT2D eigenvalue weighted by atomic mass is 9.80. The van der Waals surface area contributed by atoms with Gasteiger partial charge in [0.2, 0.25) is 0 Å². The Morgan fingerprint density at radius 1 is 1.20 bits per heavy atom. The number of piperidine rings is 1. The van der Waals surface area contributed by atoms with Crippen molar-refractivity contribution in [2.45, 2.75) is 65.0 Å². The molecule has 1 saturated carbocycles. The molecule has 2 aliphatic rings. The SMILES string of the molecule is Cc1cc(C)n(CC23CN(C(=O)OC(C)(C)C)CCC2(c2ccc(Cl)c(Cl)c2)C3)n1. The summed E-state index contributed by atoms with van der Waals surface area (Å²) in [6.45, 7) is 11.8. The predicted octanol–water partition coefficient (Wildman–Crippen LogP) is 5.78. The van der Waals surface area contributed by atoms with Gasteiger partial charge in [-0.25, -0.2) is 4.79 Å². The van der Waals surface area contributed by atoms with Crippen LogP contribution < -0.4 is 0 Å². The fourth-order valence-corrected chi connectivity index (χ4v) is 5.37. The van der Waals surface area contributed by atoms with Gasteiger partial charge in [0.1, 0.15) is 5.60 Å². The second-order valence-corrected chi connectivity index (χ2v) is 10.7. The summed E-state index contributed by atoms with van der Waals surface area (Å²) >= 11 is 12.5. The number of aromatic nitrogens is 2. The summed E-state index contributed by atoms with van der Waals surface area (Å²) in [5.41, 5.74) is 2.67. The van der Waals surface area contributed by atoms with Crippen LogP contribution in [0.2, 0.25) is 10.0 Å². The number of benzene rings is 1. The van der Waals surface area contributed by atoms with E-state index in [1.165, 1.54) is 5.56 Å². The van der Waals surface area contributed by atoms with E-state index in [4.69, 9.17) is 33.0 Å². The molecule has 2 fully saturated rings. The number of fused-ring (bicyclic) bond motifs is 1. The lowest BCUT2D eigenvalue weighted by molar-refractivity contribution is 0.0123. The Labute approximate surface area is 188 Å². The highest BCUT2D eigenvalue weighted by Crippen LogP contribution is 2.69. The molecule has 7 heteroatoms. The molecule has 30 heavy (non-hydrogen) atoms. The molecule has 1 amide bonds. The topological polar surface area (TPSA) is 47.4 Å². The predicted molar refractivity (Wildman–Crippen MR) is 119 cm³/mol. The first kappa shape index (κ1) is 21.5. The Bertz CT molecular complexity index is 997. The van der Waals surface area contributed by atoms with E-state index in [0.717, 1.165) is 30.8 Å². The average molecular weight is 450 g/mol. The van der Waals surface area contributed by atoms with Crippen molar-refractivity contribution >= 4 is 29.3 Å². The molecule has 1 aliphatic carbocycles. The maximum atomic E-state index is 12.8. The molecule has 0 N–H and O–H groups in total. The Morgan fingerprint density at radius 2 is 1.93 bits per heavy atom. The molecule has 162 valence electrons. The lowest BCUT2D eigenvalue weighted by Crippen LogP contribution is -2.48. The van der Waals surface area contributed by atoms with Crippen molar-refractivity contribution in [3.63, 3.8) is 0 Å². The maximum Gasteiger partial charge on any atom is 0.410 e. The largest absolute Gasteiger partial charge is 0.444 e. The van der Waals surface area contributed by atoms with Crippen molar-refractivity contribution in [2.75, 3.05) is 13.1 Å². The van der Waals surface area contributed by atoms with E-state index in [9.17, 15) is 4.79 Å². The van der Waals surface area contributed by atoms with Gasteiger partial charge in [0, 0.05) is 36.2 Å². The molecule has 1 aromatic heterocycles. The highest BCUT2D eigenvalue weighted by atomic mass is 35.5.